The van der Waals surface area contributed by atoms with Gasteiger partial charge in [-0.3, -0.25) is 0 Å². The summed E-state index contributed by atoms with van der Waals surface area (Å²) in [6, 6.07) is 10.6. The van der Waals surface area contributed by atoms with Crippen LogP contribution in [0.2, 0.25) is 0 Å². The summed E-state index contributed by atoms with van der Waals surface area (Å²) in [5.74, 6) is -0.205. The fraction of sp³-hybridized carbons (Fsp3) is 0.300. The van der Waals surface area contributed by atoms with Crippen molar-refractivity contribution in [1.82, 2.24) is 0 Å². The summed E-state index contributed by atoms with van der Waals surface area (Å²) in [5.41, 5.74) is 2.36. The second-order valence-electron chi connectivity index (χ2n) is 6.52. The Morgan fingerprint density at radius 3 is 2.00 bits per heavy atom. The molecular weight excluding hydrogens is 377 g/mol. The highest BCUT2D eigenvalue weighted by Crippen LogP contribution is 2.43. The van der Waals surface area contributed by atoms with Gasteiger partial charge >= 0.3 is 6.18 Å². The average molecular weight is 396 g/mol. The molecule has 0 unspecified atom stereocenters. The highest BCUT2D eigenvalue weighted by molar-refractivity contribution is 7.90. The van der Waals surface area contributed by atoms with Gasteiger partial charge in [-0.1, -0.05) is 18.2 Å². The molecule has 0 amide bonds. The number of rotatable bonds is 4. The largest absolute Gasteiger partial charge is 0.496 e. The Balaban J connectivity index is 2.07. The molecule has 0 fully saturated rings. The van der Waals surface area contributed by atoms with Crippen molar-refractivity contribution in [3.63, 3.8) is 0 Å². The zero-order chi connectivity index (χ0) is 19.8. The number of benzene rings is 2. The fourth-order valence-electron chi connectivity index (χ4n) is 3.40. The molecule has 2 aromatic carbocycles. The first-order valence-corrected chi connectivity index (χ1v) is 10.3. The fourth-order valence-corrected chi connectivity index (χ4v) is 4.03. The first kappa shape index (κ1) is 19.5. The van der Waals surface area contributed by atoms with Crippen molar-refractivity contribution in [3.8, 4) is 5.75 Å². The molecule has 0 saturated carbocycles. The van der Waals surface area contributed by atoms with E-state index in [0.29, 0.717) is 12.0 Å². The van der Waals surface area contributed by atoms with Gasteiger partial charge in [-0.2, -0.15) is 13.2 Å². The molecule has 27 heavy (non-hydrogen) atoms. The Morgan fingerprint density at radius 2 is 1.48 bits per heavy atom. The molecule has 0 bridgehead atoms. The van der Waals surface area contributed by atoms with E-state index in [2.05, 4.69) is 0 Å². The van der Waals surface area contributed by atoms with Gasteiger partial charge in [0.05, 0.1) is 17.6 Å². The van der Waals surface area contributed by atoms with Crippen LogP contribution >= 0.6 is 0 Å². The summed E-state index contributed by atoms with van der Waals surface area (Å²) >= 11 is 0. The van der Waals surface area contributed by atoms with Crippen molar-refractivity contribution >= 4 is 21.0 Å². The van der Waals surface area contributed by atoms with E-state index in [1.165, 1.54) is 25.3 Å². The number of allylic oxidation sites excluding steroid dienone is 2. The summed E-state index contributed by atoms with van der Waals surface area (Å²) in [5, 5.41) is 0. The molecule has 0 aromatic heterocycles. The van der Waals surface area contributed by atoms with Gasteiger partial charge in [-0.05, 0) is 65.8 Å². The maximum atomic E-state index is 13.3. The molecule has 3 rings (SSSR count). The molecular formula is C20H19F3O3S. The molecule has 1 aliphatic carbocycles. The predicted octanol–water partition coefficient (Wildman–Crippen LogP) is 5.21. The van der Waals surface area contributed by atoms with Crippen LogP contribution in [0.1, 0.15) is 36.0 Å². The van der Waals surface area contributed by atoms with E-state index in [1.807, 2.05) is 0 Å². The van der Waals surface area contributed by atoms with Gasteiger partial charge < -0.3 is 4.74 Å². The molecule has 0 aliphatic heterocycles. The number of hydrogen-bond donors (Lipinski definition) is 0. The summed E-state index contributed by atoms with van der Waals surface area (Å²) in [6.45, 7) is 0. The number of halogens is 3. The molecule has 0 saturated heterocycles. The first-order chi connectivity index (χ1) is 12.6. The monoisotopic (exact) mass is 396 g/mol. The zero-order valence-electron chi connectivity index (χ0n) is 14.9. The van der Waals surface area contributed by atoms with E-state index >= 15 is 0 Å². The lowest BCUT2D eigenvalue weighted by molar-refractivity contribution is -0.138. The maximum Gasteiger partial charge on any atom is 0.419 e. The van der Waals surface area contributed by atoms with Crippen molar-refractivity contribution < 1.29 is 26.3 Å². The Morgan fingerprint density at radius 1 is 0.926 bits per heavy atom. The number of alkyl halides is 3. The van der Waals surface area contributed by atoms with Crippen LogP contribution in [0, 0.1) is 0 Å². The molecule has 7 heteroatoms. The summed E-state index contributed by atoms with van der Waals surface area (Å²) < 4.78 is 68.1. The van der Waals surface area contributed by atoms with Gasteiger partial charge in [0.15, 0.2) is 9.84 Å². The normalized spacial score (nSPS) is 15.3. The third kappa shape index (κ3) is 4.03. The van der Waals surface area contributed by atoms with Crippen molar-refractivity contribution in [2.24, 2.45) is 0 Å². The van der Waals surface area contributed by atoms with Gasteiger partial charge in [0.1, 0.15) is 5.75 Å². The molecule has 0 atom stereocenters. The highest BCUT2D eigenvalue weighted by Gasteiger charge is 2.35. The van der Waals surface area contributed by atoms with Gasteiger partial charge in [0.25, 0.3) is 0 Å². The summed E-state index contributed by atoms with van der Waals surface area (Å²) in [4.78, 5) is 0.218. The van der Waals surface area contributed by atoms with Crippen molar-refractivity contribution in [1.29, 1.82) is 0 Å². The standard InChI is InChI=1S/C20H19F3O3S/c1-26-19-11-8-14(12-18(19)20(21,22)23)17-5-3-4-16(17)13-6-9-15(10-7-13)27(2,24)25/h6-12H,3-5H2,1-2H3. The first-order valence-electron chi connectivity index (χ1n) is 8.39. The minimum atomic E-state index is -4.50. The highest BCUT2D eigenvalue weighted by atomic mass is 32.2. The van der Waals surface area contributed by atoms with Crippen molar-refractivity contribution in [2.45, 2.75) is 30.3 Å². The topological polar surface area (TPSA) is 43.4 Å². The van der Waals surface area contributed by atoms with Crippen molar-refractivity contribution in [2.75, 3.05) is 13.4 Å². The van der Waals surface area contributed by atoms with Crippen LogP contribution in [0.5, 0.6) is 5.75 Å². The Bertz CT molecular complexity index is 988. The van der Waals surface area contributed by atoms with E-state index in [-0.39, 0.29) is 10.6 Å². The Hall–Kier alpha value is -2.28. The zero-order valence-corrected chi connectivity index (χ0v) is 15.7. The lowest BCUT2D eigenvalue weighted by atomic mass is 9.95. The van der Waals surface area contributed by atoms with E-state index in [0.717, 1.165) is 41.9 Å². The molecule has 0 spiro atoms. The smallest absolute Gasteiger partial charge is 0.419 e. The van der Waals surface area contributed by atoms with E-state index in [9.17, 15) is 21.6 Å². The van der Waals surface area contributed by atoms with Crippen LogP contribution in [0.15, 0.2) is 47.4 Å². The molecule has 0 N–H and O–H groups in total. The quantitative estimate of drug-likeness (QED) is 0.712. The third-order valence-corrected chi connectivity index (χ3v) is 5.83. The van der Waals surface area contributed by atoms with Crippen LogP contribution in [-0.2, 0) is 16.0 Å². The molecule has 144 valence electrons. The number of methoxy groups -OCH3 is 1. The number of ether oxygens (including phenoxy) is 1. The third-order valence-electron chi connectivity index (χ3n) is 4.70. The molecule has 0 radical (unpaired) electrons. The summed E-state index contributed by atoms with van der Waals surface area (Å²) in [6.07, 6.45) is -1.12. The maximum absolute atomic E-state index is 13.3. The second kappa shape index (κ2) is 7.03. The SMILES string of the molecule is COc1ccc(C2=C(c3ccc(S(C)(=O)=O)cc3)CCC2)cc1C(F)(F)F. The average Bonchev–Trinajstić information content (AvgIpc) is 3.09. The predicted molar refractivity (Wildman–Crippen MR) is 98.2 cm³/mol. The van der Waals surface area contributed by atoms with Crippen molar-refractivity contribution in [3.05, 3.63) is 59.2 Å². The summed E-state index contributed by atoms with van der Waals surface area (Å²) in [7, 11) is -2.08. The lowest BCUT2D eigenvalue weighted by Crippen LogP contribution is -2.08. The van der Waals surface area contributed by atoms with Crippen LogP contribution in [0.4, 0.5) is 13.2 Å². The van der Waals surface area contributed by atoms with Gasteiger partial charge in [-0.25, -0.2) is 8.42 Å². The molecule has 1 aliphatic rings. The van der Waals surface area contributed by atoms with E-state index < -0.39 is 21.6 Å². The molecule has 2 aromatic rings. The van der Waals surface area contributed by atoms with Gasteiger partial charge in [0.2, 0.25) is 0 Å². The molecule has 3 nitrogen and oxygen atoms in total. The van der Waals surface area contributed by atoms with Crippen LogP contribution in [0.25, 0.3) is 11.1 Å². The number of hydrogen-bond acceptors (Lipinski definition) is 3. The van der Waals surface area contributed by atoms with Gasteiger partial charge in [0, 0.05) is 6.26 Å². The van der Waals surface area contributed by atoms with E-state index in [4.69, 9.17) is 4.74 Å². The second-order valence-corrected chi connectivity index (χ2v) is 8.54. The van der Waals surface area contributed by atoms with Crippen LogP contribution < -0.4 is 4.74 Å². The minimum Gasteiger partial charge on any atom is -0.496 e. The minimum absolute atomic E-state index is 0.205. The lowest BCUT2D eigenvalue weighted by Gasteiger charge is -2.15. The van der Waals surface area contributed by atoms with Gasteiger partial charge in [-0.15, -0.1) is 0 Å². The van der Waals surface area contributed by atoms with Crippen LogP contribution in [-0.4, -0.2) is 21.8 Å². The number of sulfone groups is 1. The van der Waals surface area contributed by atoms with E-state index in [1.54, 1.807) is 18.2 Å². The Kier molecular flexibility index (Phi) is 5.08. The Labute approximate surface area is 156 Å². The van der Waals surface area contributed by atoms with Crippen LogP contribution in [0.3, 0.4) is 0 Å². The molecule has 0 heterocycles.